The van der Waals surface area contributed by atoms with Gasteiger partial charge in [-0.25, -0.2) is 9.89 Å². The first-order chi connectivity index (χ1) is 18.1. The van der Waals surface area contributed by atoms with Crippen LogP contribution in [-0.4, -0.2) is 49.5 Å². The molecule has 0 aliphatic carbocycles. The summed E-state index contributed by atoms with van der Waals surface area (Å²) in [6.45, 7) is 7.76. The number of benzene rings is 1. The molecular formula is C25H29N7O5S. The van der Waals surface area contributed by atoms with Crippen LogP contribution in [0.1, 0.15) is 46.4 Å². The third kappa shape index (κ3) is 6.73. The summed E-state index contributed by atoms with van der Waals surface area (Å²) >= 11 is 1.31. The lowest BCUT2D eigenvalue weighted by Crippen LogP contribution is -2.37. The van der Waals surface area contributed by atoms with Gasteiger partial charge in [-0.15, -0.1) is 11.3 Å². The number of hydrogen-bond acceptors (Lipinski definition) is 10. The van der Waals surface area contributed by atoms with Crippen molar-refractivity contribution in [3.63, 3.8) is 0 Å². The summed E-state index contributed by atoms with van der Waals surface area (Å²) < 4.78 is 10.6. The van der Waals surface area contributed by atoms with E-state index < -0.39 is 11.7 Å². The molecule has 4 aromatic rings. The SMILES string of the molecule is CCCN(Nc1n[nH]c(=O)c2ccccc12)C(=O)CCc1nc(-c2csc(NC(=O)OC(C)(C)C)c2)no1. The first-order valence-corrected chi connectivity index (χ1v) is 13.0. The molecule has 0 aliphatic heterocycles. The summed E-state index contributed by atoms with van der Waals surface area (Å²) in [5, 5.41) is 18.2. The van der Waals surface area contributed by atoms with Crippen LogP contribution in [-0.2, 0) is 16.0 Å². The van der Waals surface area contributed by atoms with Gasteiger partial charge < -0.3 is 9.26 Å². The second kappa shape index (κ2) is 11.4. The van der Waals surface area contributed by atoms with Crippen molar-refractivity contribution < 1.29 is 18.8 Å². The molecule has 200 valence electrons. The number of ether oxygens (including phenoxy) is 1. The van der Waals surface area contributed by atoms with E-state index in [1.807, 2.05) is 6.92 Å². The molecule has 0 radical (unpaired) electrons. The number of thiophene rings is 1. The topological polar surface area (TPSA) is 155 Å². The second-order valence-corrected chi connectivity index (χ2v) is 10.4. The minimum Gasteiger partial charge on any atom is -0.444 e. The maximum Gasteiger partial charge on any atom is 0.412 e. The molecule has 0 atom stereocenters. The summed E-state index contributed by atoms with van der Waals surface area (Å²) in [5.41, 5.74) is 2.81. The van der Waals surface area contributed by atoms with Crippen LogP contribution in [0, 0.1) is 0 Å². The lowest BCUT2D eigenvalue weighted by atomic mass is 10.2. The van der Waals surface area contributed by atoms with Gasteiger partial charge >= 0.3 is 6.09 Å². The number of amides is 2. The fourth-order valence-electron chi connectivity index (χ4n) is 3.54. The van der Waals surface area contributed by atoms with Crippen molar-refractivity contribution in [1.82, 2.24) is 25.3 Å². The predicted molar refractivity (Wildman–Crippen MR) is 144 cm³/mol. The van der Waals surface area contributed by atoms with Crippen LogP contribution in [0.5, 0.6) is 0 Å². The van der Waals surface area contributed by atoms with E-state index in [9.17, 15) is 14.4 Å². The molecule has 0 bridgehead atoms. The quantitative estimate of drug-likeness (QED) is 0.259. The number of nitrogens with one attached hydrogen (secondary N) is 3. The van der Waals surface area contributed by atoms with Crippen molar-refractivity contribution in [1.29, 1.82) is 0 Å². The molecule has 38 heavy (non-hydrogen) atoms. The minimum atomic E-state index is -0.601. The van der Waals surface area contributed by atoms with Gasteiger partial charge in [0.05, 0.1) is 10.4 Å². The molecule has 1 aromatic carbocycles. The predicted octanol–water partition coefficient (Wildman–Crippen LogP) is 4.58. The number of carbonyl (C=O) groups is 2. The third-order valence-corrected chi connectivity index (χ3v) is 6.03. The van der Waals surface area contributed by atoms with Crippen molar-refractivity contribution in [2.24, 2.45) is 0 Å². The summed E-state index contributed by atoms with van der Waals surface area (Å²) in [6.07, 6.45) is 0.516. The van der Waals surface area contributed by atoms with Crippen molar-refractivity contribution >= 4 is 44.9 Å². The first kappa shape index (κ1) is 26.8. The van der Waals surface area contributed by atoms with Crippen LogP contribution in [0.25, 0.3) is 22.2 Å². The molecule has 0 saturated heterocycles. The lowest BCUT2D eigenvalue weighted by molar-refractivity contribution is -0.130. The highest BCUT2D eigenvalue weighted by atomic mass is 32.1. The number of aryl methyl sites for hydroxylation is 1. The number of nitrogens with zero attached hydrogens (tertiary/aromatic N) is 4. The number of aromatic amines is 1. The molecule has 0 aliphatic rings. The Bertz CT molecular complexity index is 1490. The van der Waals surface area contributed by atoms with Crippen molar-refractivity contribution in [2.75, 3.05) is 17.3 Å². The number of aromatic nitrogens is 4. The van der Waals surface area contributed by atoms with Crippen LogP contribution < -0.4 is 16.3 Å². The number of H-pyrrole nitrogens is 1. The monoisotopic (exact) mass is 539 g/mol. The van der Waals surface area contributed by atoms with Crippen molar-refractivity contribution in [2.45, 2.75) is 52.6 Å². The molecular weight excluding hydrogens is 510 g/mol. The largest absolute Gasteiger partial charge is 0.444 e. The van der Waals surface area contributed by atoms with Crippen LogP contribution in [0.4, 0.5) is 15.6 Å². The summed E-state index contributed by atoms with van der Waals surface area (Å²) in [5.74, 6) is 0.858. The van der Waals surface area contributed by atoms with Crippen molar-refractivity contribution in [3.05, 3.63) is 52.0 Å². The average molecular weight is 540 g/mol. The molecule has 3 heterocycles. The Morgan fingerprint density at radius 3 is 2.71 bits per heavy atom. The number of rotatable bonds is 9. The highest BCUT2D eigenvalue weighted by molar-refractivity contribution is 7.14. The maximum absolute atomic E-state index is 13.0. The van der Waals surface area contributed by atoms with E-state index in [1.165, 1.54) is 16.3 Å². The molecule has 13 heteroatoms. The molecule has 0 spiro atoms. The molecule has 0 fully saturated rings. The molecule has 12 nitrogen and oxygen atoms in total. The highest BCUT2D eigenvalue weighted by Gasteiger charge is 2.19. The van der Waals surface area contributed by atoms with E-state index in [0.29, 0.717) is 51.8 Å². The standard InChI is InChI=1S/C25H29N7O5S/c1-5-12-32(30-22-16-8-6-7-9-17(16)23(34)29-28-22)20(33)11-10-18-26-21(31-37-18)15-13-19(38-14-15)27-24(35)36-25(2,3)4/h6-9,13-14H,5,10-12H2,1-4H3,(H,27,35)(H,28,30)(H,29,34). The van der Waals surface area contributed by atoms with E-state index >= 15 is 0 Å². The number of hydrogen-bond donors (Lipinski definition) is 3. The Balaban J connectivity index is 1.38. The minimum absolute atomic E-state index is 0.116. The van der Waals surface area contributed by atoms with Crippen LogP contribution in [0.15, 0.2) is 45.0 Å². The van der Waals surface area contributed by atoms with E-state index in [1.54, 1.807) is 56.5 Å². The molecule has 3 N–H and O–H groups in total. The Kier molecular flexibility index (Phi) is 8.05. The number of fused-ring (bicyclic) bond motifs is 1. The fourth-order valence-corrected chi connectivity index (χ4v) is 4.30. The van der Waals surface area contributed by atoms with Gasteiger partial charge in [0.1, 0.15) is 5.60 Å². The van der Waals surface area contributed by atoms with E-state index in [0.717, 1.165) is 0 Å². The van der Waals surface area contributed by atoms with Gasteiger partial charge in [-0.3, -0.25) is 25.3 Å². The zero-order valence-electron chi connectivity index (χ0n) is 21.5. The number of hydrazine groups is 1. The first-order valence-electron chi connectivity index (χ1n) is 12.1. The molecule has 3 aromatic heterocycles. The smallest absolute Gasteiger partial charge is 0.412 e. The van der Waals surface area contributed by atoms with Crippen molar-refractivity contribution in [3.8, 4) is 11.4 Å². The van der Waals surface area contributed by atoms with Gasteiger partial charge in [-0.2, -0.15) is 10.1 Å². The molecule has 2 amide bonds. The van der Waals surface area contributed by atoms with Gasteiger partial charge in [-0.1, -0.05) is 30.3 Å². The van der Waals surface area contributed by atoms with Gasteiger partial charge in [0.25, 0.3) is 5.56 Å². The van der Waals surface area contributed by atoms with Gasteiger partial charge in [-0.05, 0) is 39.3 Å². The van der Waals surface area contributed by atoms with E-state index in [-0.39, 0.29) is 24.3 Å². The van der Waals surface area contributed by atoms with E-state index in [2.05, 4.69) is 31.1 Å². The van der Waals surface area contributed by atoms with Gasteiger partial charge in [0, 0.05) is 35.7 Å². The van der Waals surface area contributed by atoms with Crippen LogP contribution in [0.2, 0.25) is 0 Å². The molecule has 4 rings (SSSR count). The highest BCUT2D eigenvalue weighted by Crippen LogP contribution is 2.28. The average Bonchev–Trinajstić information content (AvgIpc) is 3.52. The van der Waals surface area contributed by atoms with Gasteiger partial charge in [0.15, 0.2) is 5.82 Å². The Labute approximate surface area is 222 Å². The Morgan fingerprint density at radius 2 is 1.97 bits per heavy atom. The lowest BCUT2D eigenvalue weighted by Gasteiger charge is -2.23. The van der Waals surface area contributed by atoms with Gasteiger partial charge in [0.2, 0.25) is 17.6 Å². The molecule has 0 saturated carbocycles. The zero-order valence-corrected chi connectivity index (χ0v) is 22.3. The number of anilines is 2. The Morgan fingerprint density at radius 1 is 1.21 bits per heavy atom. The third-order valence-electron chi connectivity index (χ3n) is 5.19. The van der Waals surface area contributed by atoms with Crippen LogP contribution >= 0.6 is 11.3 Å². The summed E-state index contributed by atoms with van der Waals surface area (Å²) in [6, 6.07) is 8.77. The second-order valence-electron chi connectivity index (χ2n) is 9.44. The normalized spacial score (nSPS) is 11.4. The van der Waals surface area contributed by atoms with Crippen LogP contribution in [0.3, 0.4) is 0 Å². The van der Waals surface area contributed by atoms with E-state index in [4.69, 9.17) is 9.26 Å². The fraction of sp³-hybridized carbons (Fsp3) is 0.360. The summed E-state index contributed by atoms with van der Waals surface area (Å²) in [7, 11) is 0. The Hall–Kier alpha value is -4.26. The zero-order chi connectivity index (χ0) is 27.3. The summed E-state index contributed by atoms with van der Waals surface area (Å²) in [4.78, 5) is 41.5. The number of carbonyl (C=O) groups excluding carboxylic acids is 2. The molecule has 0 unspecified atom stereocenters. The maximum atomic E-state index is 13.0.